The summed E-state index contributed by atoms with van der Waals surface area (Å²) in [6.45, 7) is 0.173. The van der Waals surface area contributed by atoms with E-state index in [1.165, 1.54) is 16.8 Å². The Labute approximate surface area is 76.6 Å². The molecule has 0 aliphatic heterocycles. The first kappa shape index (κ1) is 8.35. The van der Waals surface area contributed by atoms with Gasteiger partial charge in [-0.25, -0.2) is 4.79 Å². The maximum Gasteiger partial charge on any atom is 0.328 e. The minimum Gasteiger partial charge on any atom is -0.293 e. The minimum atomic E-state index is -0.498. The minimum absolute atomic E-state index is 0.173. The summed E-state index contributed by atoms with van der Waals surface area (Å²) in [5.41, 5.74) is -0.929. The van der Waals surface area contributed by atoms with Crippen molar-refractivity contribution in [3.05, 3.63) is 38.9 Å². The summed E-state index contributed by atoms with van der Waals surface area (Å²) in [7, 11) is 0. The molecule has 0 aliphatic rings. The van der Waals surface area contributed by atoms with Crippen molar-refractivity contribution in [2.45, 2.75) is 6.54 Å². The predicted octanol–water partition coefficient (Wildman–Crippen LogP) is -1.90. The molecular formula is C6H6N6O2. The number of hydrogen-bond acceptors (Lipinski definition) is 5. The summed E-state index contributed by atoms with van der Waals surface area (Å²) in [6, 6.07) is 1.25. The molecule has 0 aliphatic carbocycles. The van der Waals surface area contributed by atoms with Gasteiger partial charge in [0, 0.05) is 12.3 Å². The smallest absolute Gasteiger partial charge is 0.293 e. The molecule has 8 heteroatoms. The first-order valence-electron chi connectivity index (χ1n) is 3.78. The lowest BCUT2D eigenvalue weighted by Gasteiger charge is -1.98. The summed E-state index contributed by atoms with van der Waals surface area (Å²) in [4.78, 5) is 24.0. The Morgan fingerprint density at radius 3 is 2.93 bits per heavy atom. The highest BCUT2D eigenvalue weighted by Gasteiger charge is 2.01. The van der Waals surface area contributed by atoms with Gasteiger partial charge in [-0.15, -0.1) is 10.2 Å². The molecule has 2 aromatic heterocycles. The third-order valence-corrected chi connectivity index (χ3v) is 1.60. The molecule has 2 rings (SSSR count). The molecule has 0 saturated carbocycles. The van der Waals surface area contributed by atoms with Crippen molar-refractivity contribution in [3.8, 4) is 0 Å². The number of nitrogens with zero attached hydrogens (tertiary/aromatic N) is 4. The van der Waals surface area contributed by atoms with Crippen LogP contribution in [0.25, 0.3) is 0 Å². The molecule has 0 atom stereocenters. The fourth-order valence-electron chi connectivity index (χ4n) is 0.971. The molecule has 0 bridgehead atoms. The lowest BCUT2D eigenvalue weighted by Crippen LogP contribution is -2.29. The highest BCUT2D eigenvalue weighted by Crippen LogP contribution is 1.85. The van der Waals surface area contributed by atoms with E-state index in [-0.39, 0.29) is 6.54 Å². The van der Waals surface area contributed by atoms with Gasteiger partial charge >= 0.3 is 5.69 Å². The van der Waals surface area contributed by atoms with Gasteiger partial charge in [-0.1, -0.05) is 5.21 Å². The zero-order valence-corrected chi connectivity index (χ0v) is 6.97. The third kappa shape index (κ3) is 1.58. The van der Waals surface area contributed by atoms with Crippen molar-refractivity contribution in [1.82, 2.24) is 30.2 Å². The van der Waals surface area contributed by atoms with Crippen LogP contribution in [-0.2, 0) is 6.54 Å². The van der Waals surface area contributed by atoms with Crippen LogP contribution < -0.4 is 11.2 Å². The van der Waals surface area contributed by atoms with Crippen LogP contribution in [0.3, 0.4) is 0 Å². The van der Waals surface area contributed by atoms with E-state index >= 15 is 0 Å². The number of aromatic amines is 2. The average Bonchev–Trinajstić information content (AvgIpc) is 2.62. The highest BCUT2D eigenvalue weighted by molar-refractivity contribution is 4.87. The van der Waals surface area contributed by atoms with Gasteiger partial charge in [0.25, 0.3) is 5.56 Å². The summed E-state index contributed by atoms with van der Waals surface area (Å²) in [5.74, 6) is 0.374. The average molecular weight is 194 g/mol. The number of aromatic nitrogens is 6. The number of tetrazole rings is 1. The van der Waals surface area contributed by atoms with Crippen molar-refractivity contribution in [3.63, 3.8) is 0 Å². The number of hydrogen-bond donors (Lipinski definition) is 2. The number of nitrogens with one attached hydrogen (secondary N) is 2. The largest absolute Gasteiger partial charge is 0.328 e. The van der Waals surface area contributed by atoms with Gasteiger partial charge in [-0.3, -0.25) is 14.3 Å². The van der Waals surface area contributed by atoms with Gasteiger partial charge in [0.2, 0.25) is 0 Å². The Balaban J connectivity index is 2.35. The van der Waals surface area contributed by atoms with Crippen molar-refractivity contribution in [1.29, 1.82) is 0 Å². The fraction of sp³-hybridized carbons (Fsp3) is 0.167. The van der Waals surface area contributed by atoms with E-state index in [4.69, 9.17) is 0 Å². The van der Waals surface area contributed by atoms with E-state index in [1.54, 1.807) is 0 Å². The van der Waals surface area contributed by atoms with E-state index in [2.05, 4.69) is 25.6 Å². The van der Waals surface area contributed by atoms with Crippen molar-refractivity contribution < 1.29 is 0 Å². The maximum atomic E-state index is 11.2. The SMILES string of the molecule is O=c1ccn(Cc2nn[nH]n2)c(=O)[nH]1. The summed E-state index contributed by atoms with van der Waals surface area (Å²) >= 11 is 0. The normalized spacial score (nSPS) is 10.3. The number of rotatable bonds is 2. The van der Waals surface area contributed by atoms with E-state index in [0.717, 1.165) is 0 Å². The lowest BCUT2D eigenvalue weighted by atomic mass is 10.5. The monoisotopic (exact) mass is 194 g/mol. The molecule has 0 radical (unpaired) electrons. The summed E-state index contributed by atoms with van der Waals surface area (Å²) < 4.78 is 1.27. The molecule has 0 fully saturated rings. The van der Waals surface area contributed by atoms with Crippen molar-refractivity contribution in [2.24, 2.45) is 0 Å². The molecule has 2 aromatic rings. The lowest BCUT2D eigenvalue weighted by molar-refractivity contribution is 0.687. The molecule has 2 N–H and O–H groups in total. The third-order valence-electron chi connectivity index (χ3n) is 1.60. The van der Waals surface area contributed by atoms with E-state index in [1.807, 2.05) is 0 Å². The summed E-state index contributed by atoms with van der Waals surface area (Å²) in [6.07, 6.45) is 1.37. The Morgan fingerprint density at radius 2 is 2.29 bits per heavy atom. The van der Waals surface area contributed by atoms with Crippen molar-refractivity contribution in [2.75, 3.05) is 0 Å². The van der Waals surface area contributed by atoms with Gasteiger partial charge in [0.05, 0.1) is 6.54 Å². The van der Waals surface area contributed by atoms with Gasteiger partial charge in [-0.2, -0.15) is 5.21 Å². The topological polar surface area (TPSA) is 109 Å². The van der Waals surface area contributed by atoms with Crippen LogP contribution in [0.1, 0.15) is 5.82 Å². The molecule has 2 heterocycles. The van der Waals surface area contributed by atoms with Crippen LogP contribution in [0.5, 0.6) is 0 Å². The highest BCUT2D eigenvalue weighted by atomic mass is 16.2. The van der Waals surface area contributed by atoms with Crippen LogP contribution in [-0.4, -0.2) is 30.2 Å². The zero-order chi connectivity index (χ0) is 9.97. The van der Waals surface area contributed by atoms with Gasteiger partial charge in [-0.05, 0) is 0 Å². The fourth-order valence-corrected chi connectivity index (χ4v) is 0.971. The molecule has 72 valence electrons. The Bertz CT molecular complexity index is 524. The van der Waals surface area contributed by atoms with Crippen LogP contribution in [0.4, 0.5) is 0 Å². The Kier molecular flexibility index (Phi) is 1.94. The Hall–Kier alpha value is -2.25. The van der Waals surface area contributed by atoms with Crippen LogP contribution >= 0.6 is 0 Å². The molecule has 0 aromatic carbocycles. The van der Waals surface area contributed by atoms with Gasteiger partial charge in [0.1, 0.15) is 0 Å². The standard InChI is InChI=1S/C6H6N6O2/c13-5-1-2-12(6(14)7-5)3-4-8-10-11-9-4/h1-2H,3H2,(H,7,13,14)(H,8,9,10,11). The molecule has 8 nitrogen and oxygen atoms in total. The van der Waals surface area contributed by atoms with E-state index in [0.29, 0.717) is 5.82 Å². The summed E-state index contributed by atoms with van der Waals surface area (Å²) in [5, 5.41) is 13.0. The molecule has 14 heavy (non-hydrogen) atoms. The van der Waals surface area contributed by atoms with Crippen LogP contribution in [0, 0.1) is 0 Å². The first-order chi connectivity index (χ1) is 6.75. The van der Waals surface area contributed by atoms with Gasteiger partial charge < -0.3 is 0 Å². The molecule has 0 unspecified atom stereocenters. The predicted molar refractivity (Wildman–Crippen MR) is 44.6 cm³/mol. The second-order valence-electron chi connectivity index (χ2n) is 2.57. The van der Waals surface area contributed by atoms with Gasteiger partial charge in [0.15, 0.2) is 5.82 Å². The Morgan fingerprint density at radius 1 is 1.43 bits per heavy atom. The van der Waals surface area contributed by atoms with Crippen LogP contribution in [0.2, 0.25) is 0 Å². The van der Waals surface area contributed by atoms with Crippen LogP contribution in [0.15, 0.2) is 21.9 Å². The second-order valence-corrected chi connectivity index (χ2v) is 2.57. The number of H-pyrrole nitrogens is 2. The first-order valence-corrected chi connectivity index (χ1v) is 3.78. The van der Waals surface area contributed by atoms with E-state index in [9.17, 15) is 9.59 Å². The molecular weight excluding hydrogens is 188 g/mol. The molecule has 0 amide bonds. The maximum absolute atomic E-state index is 11.2. The molecule has 0 spiro atoms. The second kappa shape index (κ2) is 3.24. The van der Waals surface area contributed by atoms with Crippen molar-refractivity contribution >= 4 is 0 Å². The van der Waals surface area contributed by atoms with E-state index < -0.39 is 11.2 Å². The molecule has 0 saturated heterocycles. The zero-order valence-electron chi connectivity index (χ0n) is 6.97. The quantitative estimate of drug-likeness (QED) is 0.580.